The Balaban J connectivity index is 0.000000531. The highest BCUT2D eigenvalue weighted by atomic mass is 14.4. The van der Waals surface area contributed by atoms with Gasteiger partial charge >= 0.3 is 0 Å². The van der Waals surface area contributed by atoms with E-state index in [0.29, 0.717) is 0 Å². The highest BCUT2D eigenvalue weighted by Crippen LogP contribution is 2.52. The van der Waals surface area contributed by atoms with Crippen molar-refractivity contribution in [2.75, 3.05) is 0 Å². The van der Waals surface area contributed by atoms with Gasteiger partial charge in [0.15, 0.2) is 0 Å². The second kappa shape index (κ2) is 8.44. The van der Waals surface area contributed by atoms with E-state index in [1.165, 1.54) is 38.6 Å². The molecule has 4 aromatic rings. The van der Waals surface area contributed by atoms with Crippen LogP contribution in [0.2, 0.25) is 0 Å². The first-order valence-corrected chi connectivity index (χ1v) is 10.5. The topological polar surface area (TPSA) is 0 Å². The molecule has 0 bridgehead atoms. The van der Waals surface area contributed by atoms with E-state index in [4.69, 9.17) is 0 Å². The highest BCUT2D eigenvalue weighted by Gasteiger charge is 2.40. The van der Waals surface area contributed by atoms with Gasteiger partial charge in [0.25, 0.3) is 0 Å². The summed E-state index contributed by atoms with van der Waals surface area (Å²) in [7, 11) is 0. The Kier molecular flexibility index (Phi) is 5.99. The summed E-state index contributed by atoms with van der Waals surface area (Å²) >= 11 is 0. The molecule has 142 valence electrons. The first-order valence-electron chi connectivity index (χ1n) is 10.5. The Bertz CT molecular complexity index is 1030. The van der Waals surface area contributed by atoms with Gasteiger partial charge in [0.1, 0.15) is 0 Å². The fraction of sp³-hybridized carbons (Fsp3) is 0.214. The Morgan fingerprint density at radius 3 is 1.54 bits per heavy atom. The Hall–Kier alpha value is -2.86. The van der Waals surface area contributed by atoms with Gasteiger partial charge in [-0.25, -0.2) is 0 Å². The number of hydrogen-bond acceptors (Lipinski definition) is 0. The molecule has 1 aliphatic rings. The van der Waals surface area contributed by atoms with E-state index in [2.05, 4.69) is 97.9 Å². The van der Waals surface area contributed by atoms with Crippen LogP contribution in [0.5, 0.6) is 0 Å². The molecule has 0 amide bonds. The smallest absolute Gasteiger partial charge is 0.0435 e. The Morgan fingerprint density at radius 1 is 0.500 bits per heavy atom. The van der Waals surface area contributed by atoms with Crippen LogP contribution in [-0.2, 0) is 5.41 Å². The van der Waals surface area contributed by atoms with Gasteiger partial charge in [-0.3, -0.25) is 0 Å². The van der Waals surface area contributed by atoms with Crippen LogP contribution in [0, 0.1) is 0 Å². The maximum absolute atomic E-state index is 2.36. The lowest BCUT2D eigenvalue weighted by Crippen LogP contribution is -2.22. The molecule has 0 N–H and O–H groups in total. The molecular weight excluding hydrogens is 336 g/mol. The summed E-state index contributed by atoms with van der Waals surface area (Å²) in [6, 6.07) is 33.2. The monoisotopic (exact) mass is 366 g/mol. The van der Waals surface area contributed by atoms with E-state index < -0.39 is 0 Å². The number of benzene rings is 4. The normalized spacial score (nSPS) is 12.8. The minimum absolute atomic E-state index is 0.1000. The molecule has 0 saturated carbocycles. The van der Waals surface area contributed by atoms with Crippen molar-refractivity contribution in [3.05, 3.63) is 108 Å². The molecular formula is C28H30. The van der Waals surface area contributed by atoms with Crippen molar-refractivity contribution >= 4 is 10.8 Å². The fourth-order valence-electron chi connectivity index (χ4n) is 4.26. The summed E-state index contributed by atoms with van der Waals surface area (Å²) in [4.78, 5) is 0. The molecule has 0 unspecified atom stereocenters. The maximum Gasteiger partial charge on any atom is 0.0435 e. The van der Waals surface area contributed by atoms with Crippen molar-refractivity contribution in [3.8, 4) is 11.1 Å². The minimum Gasteiger partial charge on any atom is -0.0683 e. The zero-order valence-corrected chi connectivity index (χ0v) is 17.7. The third kappa shape index (κ3) is 3.03. The largest absolute Gasteiger partial charge is 0.0683 e. The summed E-state index contributed by atoms with van der Waals surface area (Å²) in [6.07, 6.45) is 0. The molecule has 0 spiro atoms. The van der Waals surface area contributed by atoms with E-state index in [9.17, 15) is 0 Å². The maximum atomic E-state index is 2.36. The average molecular weight is 367 g/mol. The van der Waals surface area contributed by atoms with Crippen molar-refractivity contribution < 1.29 is 0 Å². The lowest BCUT2D eigenvalue weighted by atomic mass is 9.74. The van der Waals surface area contributed by atoms with E-state index in [1.54, 1.807) is 0 Å². The van der Waals surface area contributed by atoms with Crippen molar-refractivity contribution in [1.29, 1.82) is 0 Å². The lowest BCUT2D eigenvalue weighted by molar-refractivity contribution is 0.715. The van der Waals surface area contributed by atoms with Crippen molar-refractivity contribution in [3.63, 3.8) is 0 Å². The molecule has 0 heterocycles. The molecule has 28 heavy (non-hydrogen) atoms. The predicted octanol–water partition coefficient (Wildman–Crippen LogP) is 8.23. The van der Waals surface area contributed by atoms with E-state index in [1.807, 2.05) is 27.7 Å². The molecule has 0 aromatic heterocycles. The molecule has 1 aliphatic carbocycles. The number of fused-ring (bicyclic) bond motifs is 4. The lowest BCUT2D eigenvalue weighted by Gasteiger charge is -2.28. The summed E-state index contributed by atoms with van der Waals surface area (Å²) < 4.78 is 0. The van der Waals surface area contributed by atoms with Crippen molar-refractivity contribution in [1.82, 2.24) is 0 Å². The molecule has 5 rings (SSSR count). The van der Waals surface area contributed by atoms with Gasteiger partial charge in [-0.2, -0.15) is 0 Å². The molecule has 0 aliphatic heterocycles. The molecule has 0 saturated heterocycles. The molecule has 0 nitrogen and oxygen atoms in total. The molecule has 0 heteroatoms. The van der Waals surface area contributed by atoms with Crippen LogP contribution in [-0.4, -0.2) is 0 Å². The van der Waals surface area contributed by atoms with Gasteiger partial charge in [-0.1, -0.05) is 113 Å². The molecule has 0 radical (unpaired) electrons. The third-order valence-corrected chi connectivity index (χ3v) is 5.55. The Labute approximate surface area is 169 Å². The quantitative estimate of drug-likeness (QED) is 0.318. The van der Waals surface area contributed by atoms with Crippen LogP contribution in [0.4, 0.5) is 0 Å². The van der Waals surface area contributed by atoms with Gasteiger partial charge in [0.05, 0.1) is 0 Å². The first kappa shape index (κ1) is 19.9. The van der Waals surface area contributed by atoms with Crippen LogP contribution in [0.3, 0.4) is 0 Å². The van der Waals surface area contributed by atoms with Crippen LogP contribution < -0.4 is 0 Å². The van der Waals surface area contributed by atoms with Crippen molar-refractivity contribution in [2.24, 2.45) is 0 Å². The average Bonchev–Trinajstić information content (AvgIpc) is 3.06. The summed E-state index contributed by atoms with van der Waals surface area (Å²) in [5.41, 5.74) is 6.80. The minimum atomic E-state index is -0.1000. The summed E-state index contributed by atoms with van der Waals surface area (Å²) in [5.74, 6) is 0. The van der Waals surface area contributed by atoms with Crippen LogP contribution in [0.25, 0.3) is 21.9 Å². The predicted molar refractivity (Wildman–Crippen MR) is 124 cm³/mol. The number of rotatable bonds is 1. The van der Waals surface area contributed by atoms with Crippen molar-refractivity contribution in [2.45, 2.75) is 40.0 Å². The van der Waals surface area contributed by atoms with E-state index in [-0.39, 0.29) is 5.41 Å². The SMILES string of the molecule is CC.CC.CC1(c2ccc3ccccc3c2)c2ccccc2-c2ccccc21. The summed E-state index contributed by atoms with van der Waals surface area (Å²) in [5, 5.41) is 2.60. The highest BCUT2D eigenvalue weighted by molar-refractivity contribution is 5.87. The van der Waals surface area contributed by atoms with Gasteiger partial charge in [0.2, 0.25) is 0 Å². The number of hydrogen-bond donors (Lipinski definition) is 0. The van der Waals surface area contributed by atoms with E-state index in [0.717, 1.165) is 0 Å². The third-order valence-electron chi connectivity index (χ3n) is 5.55. The fourth-order valence-corrected chi connectivity index (χ4v) is 4.26. The van der Waals surface area contributed by atoms with Crippen LogP contribution in [0.1, 0.15) is 51.3 Å². The van der Waals surface area contributed by atoms with Gasteiger partial charge < -0.3 is 0 Å². The zero-order valence-electron chi connectivity index (χ0n) is 17.7. The van der Waals surface area contributed by atoms with Gasteiger partial charge in [-0.15, -0.1) is 0 Å². The second-order valence-corrected chi connectivity index (χ2v) is 6.78. The van der Waals surface area contributed by atoms with E-state index >= 15 is 0 Å². The van der Waals surface area contributed by atoms with Crippen LogP contribution >= 0.6 is 0 Å². The van der Waals surface area contributed by atoms with Gasteiger partial charge in [0, 0.05) is 5.41 Å². The zero-order chi connectivity index (χ0) is 20.1. The Morgan fingerprint density at radius 2 is 0.964 bits per heavy atom. The standard InChI is InChI=1S/C24H18.2C2H6/c1-24(19-15-14-17-8-2-3-9-18(17)16-19)22-12-6-4-10-20(22)21-11-5-7-13-23(21)24;2*1-2/h2-16H,1H3;2*1-2H3. The van der Waals surface area contributed by atoms with Gasteiger partial charge in [-0.05, 0) is 51.6 Å². The molecule has 0 atom stereocenters. The second-order valence-electron chi connectivity index (χ2n) is 6.78. The summed E-state index contributed by atoms with van der Waals surface area (Å²) in [6.45, 7) is 10.4. The molecule has 0 fully saturated rings. The first-order chi connectivity index (χ1) is 13.8. The molecule has 4 aromatic carbocycles. The van der Waals surface area contributed by atoms with Crippen LogP contribution in [0.15, 0.2) is 91.0 Å².